The van der Waals surface area contributed by atoms with Gasteiger partial charge in [-0.1, -0.05) is 45.9 Å². The summed E-state index contributed by atoms with van der Waals surface area (Å²) in [6.07, 6.45) is 0.932. The minimum Gasteiger partial charge on any atom is -0.310 e. The van der Waals surface area contributed by atoms with E-state index in [-0.39, 0.29) is 17.3 Å². The summed E-state index contributed by atoms with van der Waals surface area (Å²) in [5, 5.41) is 3.36. The molecule has 0 radical (unpaired) electrons. The maximum absolute atomic E-state index is 13.7. The fourth-order valence-corrected chi connectivity index (χ4v) is 1.91. The number of benzene rings is 1. The highest BCUT2D eigenvalue weighted by Gasteiger charge is 2.21. The van der Waals surface area contributed by atoms with Gasteiger partial charge in [-0.15, -0.1) is 0 Å². The number of halogens is 1. The molecule has 1 N–H and O–H groups in total. The third kappa shape index (κ3) is 3.93. The smallest absolute Gasteiger partial charge is 0.127 e. The van der Waals surface area contributed by atoms with Crippen LogP contribution < -0.4 is 5.32 Å². The van der Waals surface area contributed by atoms with Crippen molar-refractivity contribution in [1.29, 1.82) is 0 Å². The molecule has 0 aromatic heterocycles. The molecule has 1 aromatic rings. The van der Waals surface area contributed by atoms with E-state index in [0.717, 1.165) is 18.5 Å². The zero-order valence-corrected chi connectivity index (χ0v) is 10.7. The molecule has 0 aliphatic rings. The monoisotopic (exact) mass is 223 g/mol. The second-order valence-electron chi connectivity index (χ2n) is 5.40. The number of hydrogen-bond acceptors (Lipinski definition) is 1. The van der Waals surface area contributed by atoms with Crippen LogP contribution in [0.1, 0.15) is 45.7 Å². The van der Waals surface area contributed by atoms with Crippen molar-refractivity contribution in [3.63, 3.8) is 0 Å². The Morgan fingerprint density at radius 2 is 1.88 bits per heavy atom. The first-order chi connectivity index (χ1) is 7.44. The van der Waals surface area contributed by atoms with Gasteiger partial charge >= 0.3 is 0 Å². The van der Waals surface area contributed by atoms with E-state index >= 15 is 0 Å². The molecule has 90 valence electrons. The quantitative estimate of drug-likeness (QED) is 0.816. The summed E-state index contributed by atoms with van der Waals surface area (Å²) in [5.41, 5.74) is 0.967. The van der Waals surface area contributed by atoms with Gasteiger partial charge in [0.05, 0.1) is 0 Å². The lowest BCUT2D eigenvalue weighted by molar-refractivity contribution is 0.309. The first-order valence-electron chi connectivity index (χ1n) is 5.92. The third-order valence-electron chi connectivity index (χ3n) is 2.55. The summed E-state index contributed by atoms with van der Waals surface area (Å²) < 4.78 is 13.7. The normalized spacial score (nSPS) is 13.8. The fraction of sp³-hybridized carbons (Fsp3) is 0.571. The molecule has 0 saturated carbocycles. The van der Waals surface area contributed by atoms with Gasteiger partial charge in [0.25, 0.3) is 0 Å². The molecule has 0 aliphatic heterocycles. The van der Waals surface area contributed by atoms with Crippen LogP contribution in [0.2, 0.25) is 0 Å². The van der Waals surface area contributed by atoms with Gasteiger partial charge in [0.2, 0.25) is 0 Å². The summed E-state index contributed by atoms with van der Waals surface area (Å²) in [6.45, 7) is 9.44. The minimum absolute atomic E-state index is 0.103. The van der Waals surface area contributed by atoms with Crippen molar-refractivity contribution >= 4 is 0 Å². The zero-order valence-electron chi connectivity index (χ0n) is 10.7. The SMILES string of the molecule is CCNC(CC(C)(C)C)c1ccccc1F. The van der Waals surface area contributed by atoms with Crippen molar-refractivity contribution < 1.29 is 4.39 Å². The molecule has 1 rings (SSSR count). The Morgan fingerprint density at radius 3 is 2.38 bits per heavy atom. The van der Waals surface area contributed by atoms with Crippen molar-refractivity contribution in [3.05, 3.63) is 35.6 Å². The fourth-order valence-electron chi connectivity index (χ4n) is 1.91. The largest absolute Gasteiger partial charge is 0.310 e. The molecule has 0 spiro atoms. The van der Waals surface area contributed by atoms with Crippen LogP contribution in [-0.4, -0.2) is 6.54 Å². The van der Waals surface area contributed by atoms with Crippen molar-refractivity contribution in [3.8, 4) is 0 Å². The van der Waals surface area contributed by atoms with Gasteiger partial charge in [0, 0.05) is 11.6 Å². The molecule has 1 atom stereocenters. The van der Waals surface area contributed by atoms with E-state index in [0.29, 0.717) is 0 Å². The number of nitrogens with one attached hydrogen (secondary N) is 1. The van der Waals surface area contributed by atoms with E-state index < -0.39 is 0 Å². The Balaban J connectivity index is 2.89. The van der Waals surface area contributed by atoms with E-state index in [1.807, 2.05) is 12.1 Å². The van der Waals surface area contributed by atoms with E-state index in [9.17, 15) is 4.39 Å². The first kappa shape index (κ1) is 13.2. The Morgan fingerprint density at radius 1 is 1.25 bits per heavy atom. The molecule has 0 saturated heterocycles. The van der Waals surface area contributed by atoms with Gasteiger partial charge in [0.1, 0.15) is 5.82 Å². The Bertz CT molecular complexity index is 328. The average Bonchev–Trinajstić information content (AvgIpc) is 2.16. The van der Waals surface area contributed by atoms with Gasteiger partial charge in [-0.2, -0.15) is 0 Å². The molecule has 16 heavy (non-hydrogen) atoms. The summed E-state index contributed by atoms with van der Waals surface area (Å²) in [4.78, 5) is 0. The molecule has 1 unspecified atom stereocenters. The lowest BCUT2D eigenvalue weighted by Crippen LogP contribution is -2.26. The van der Waals surface area contributed by atoms with Gasteiger partial charge in [0.15, 0.2) is 0 Å². The van der Waals surface area contributed by atoms with Crippen molar-refractivity contribution in [2.75, 3.05) is 6.54 Å². The van der Waals surface area contributed by atoms with Crippen LogP contribution in [0.3, 0.4) is 0 Å². The van der Waals surface area contributed by atoms with E-state index in [1.165, 1.54) is 6.07 Å². The molecular formula is C14H22FN. The average molecular weight is 223 g/mol. The van der Waals surface area contributed by atoms with E-state index in [2.05, 4.69) is 33.0 Å². The number of rotatable bonds is 4. The zero-order chi connectivity index (χ0) is 12.2. The number of hydrogen-bond donors (Lipinski definition) is 1. The first-order valence-corrected chi connectivity index (χ1v) is 5.92. The molecule has 2 heteroatoms. The maximum atomic E-state index is 13.7. The predicted octanol–water partition coefficient (Wildman–Crippen LogP) is 3.91. The van der Waals surface area contributed by atoms with Gasteiger partial charge < -0.3 is 5.32 Å². The Labute approximate surface area is 98.1 Å². The standard InChI is InChI=1S/C14H22FN/c1-5-16-13(10-14(2,3)4)11-8-6-7-9-12(11)15/h6-9,13,16H,5,10H2,1-4H3. The van der Waals surface area contributed by atoms with Crippen molar-refractivity contribution in [2.24, 2.45) is 5.41 Å². The van der Waals surface area contributed by atoms with Gasteiger partial charge in [-0.3, -0.25) is 0 Å². The molecule has 0 bridgehead atoms. The molecule has 0 aliphatic carbocycles. The van der Waals surface area contributed by atoms with Crippen molar-refractivity contribution in [1.82, 2.24) is 5.32 Å². The van der Waals surface area contributed by atoms with E-state index in [1.54, 1.807) is 6.07 Å². The van der Waals surface area contributed by atoms with Crippen LogP contribution >= 0.6 is 0 Å². The van der Waals surface area contributed by atoms with Crippen LogP contribution in [0.4, 0.5) is 4.39 Å². The lowest BCUT2D eigenvalue weighted by Gasteiger charge is -2.27. The molecule has 1 aromatic carbocycles. The second-order valence-corrected chi connectivity index (χ2v) is 5.40. The van der Waals surface area contributed by atoms with Crippen LogP contribution in [0.15, 0.2) is 24.3 Å². The van der Waals surface area contributed by atoms with Gasteiger partial charge in [-0.05, 0) is 24.4 Å². The third-order valence-corrected chi connectivity index (χ3v) is 2.55. The highest BCUT2D eigenvalue weighted by molar-refractivity contribution is 5.21. The van der Waals surface area contributed by atoms with Crippen LogP contribution in [0.25, 0.3) is 0 Å². The molecule has 0 amide bonds. The molecule has 1 nitrogen and oxygen atoms in total. The second kappa shape index (κ2) is 5.44. The maximum Gasteiger partial charge on any atom is 0.127 e. The molecular weight excluding hydrogens is 201 g/mol. The molecule has 0 heterocycles. The lowest BCUT2D eigenvalue weighted by atomic mass is 9.85. The summed E-state index contributed by atoms with van der Waals surface area (Å²) in [7, 11) is 0. The summed E-state index contributed by atoms with van der Waals surface area (Å²) >= 11 is 0. The molecule has 0 fully saturated rings. The highest BCUT2D eigenvalue weighted by Crippen LogP contribution is 2.30. The van der Waals surface area contributed by atoms with Crippen LogP contribution in [0, 0.1) is 11.2 Å². The predicted molar refractivity (Wildman–Crippen MR) is 66.9 cm³/mol. The topological polar surface area (TPSA) is 12.0 Å². The summed E-state index contributed by atoms with van der Waals surface area (Å²) in [5.74, 6) is -0.113. The Kier molecular flexibility index (Phi) is 4.48. The van der Waals surface area contributed by atoms with Gasteiger partial charge in [-0.25, -0.2) is 4.39 Å². The van der Waals surface area contributed by atoms with Crippen molar-refractivity contribution in [2.45, 2.75) is 40.2 Å². The van der Waals surface area contributed by atoms with Crippen LogP contribution in [-0.2, 0) is 0 Å². The highest BCUT2D eigenvalue weighted by atomic mass is 19.1. The van der Waals surface area contributed by atoms with E-state index in [4.69, 9.17) is 0 Å². The summed E-state index contributed by atoms with van der Waals surface area (Å²) in [6, 6.07) is 7.13. The van der Waals surface area contributed by atoms with Crippen LogP contribution in [0.5, 0.6) is 0 Å². The minimum atomic E-state index is -0.113. The Hall–Kier alpha value is -0.890.